The number of ether oxygens (including phenoxy) is 1. The summed E-state index contributed by atoms with van der Waals surface area (Å²) in [6.07, 6.45) is -0.838. The predicted molar refractivity (Wildman–Crippen MR) is 161 cm³/mol. The number of esters is 1. The minimum absolute atomic E-state index is 0. The van der Waals surface area contributed by atoms with Crippen molar-refractivity contribution in [2.75, 3.05) is 6.61 Å². The number of hydrogen-bond acceptors (Lipinski definition) is 6. The SMILES string of the molecule is Cl.NC(Cc1ccccc1)C(=O)OC[C@H](c1ccccc1)N(NS(=O)(=O)c1ccc(C(F)(F)F)cc1)C(=O)C1CCCCC1. The Balaban J connectivity index is 0.00000529. The lowest BCUT2D eigenvalue weighted by atomic mass is 9.88. The number of amides is 1. The minimum Gasteiger partial charge on any atom is -0.462 e. The Hall–Kier alpha value is -3.45. The molecule has 1 saturated carbocycles. The molecule has 13 heteroatoms. The monoisotopic (exact) mass is 653 g/mol. The summed E-state index contributed by atoms with van der Waals surface area (Å²) in [4.78, 5) is 28.7. The zero-order valence-electron chi connectivity index (χ0n) is 23.8. The lowest BCUT2D eigenvalue weighted by molar-refractivity contribution is -0.152. The highest BCUT2D eigenvalue weighted by Gasteiger charge is 2.36. The standard InChI is InChI=1S/C31H34F3N3O5S.ClH/c32-31(33,34)25-16-18-26(19-17-25)43(40,41)36-37(29(38)24-14-8-3-9-15-24)28(23-12-6-2-7-13-23)21-42-30(39)27(35)20-22-10-4-1-5-11-22;/h1-2,4-7,10-13,16-19,24,27-28,36H,3,8-9,14-15,20-21,35H2;1H/t27?,28-;/m1./s1. The van der Waals surface area contributed by atoms with Crippen LogP contribution in [0.15, 0.2) is 89.8 Å². The van der Waals surface area contributed by atoms with Gasteiger partial charge in [-0.25, -0.2) is 8.42 Å². The molecule has 3 aromatic rings. The topological polar surface area (TPSA) is 119 Å². The summed E-state index contributed by atoms with van der Waals surface area (Å²) in [5.74, 6) is -1.75. The van der Waals surface area contributed by atoms with Crippen LogP contribution in [0.4, 0.5) is 13.2 Å². The first kappa shape index (κ1) is 35.0. The molecule has 0 radical (unpaired) electrons. The molecule has 3 aromatic carbocycles. The van der Waals surface area contributed by atoms with Crippen LogP contribution in [0.2, 0.25) is 0 Å². The normalized spacial score (nSPS) is 15.5. The molecule has 1 unspecified atom stereocenters. The van der Waals surface area contributed by atoms with Crippen LogP contribution in [0.5, 0.6) is 0 Å². The Morgan fingerprint density at radius 3 is 2.05 bits per heavy atom. The van der Waals surface area contributed by atoms with Gasteiger partial charge in [0.25, 0.3) is 10.0 Å². The number of carbonyl (C=O) groups is 2. The molecule has 1 amide bonds. The van der Waals surface area contributed by atoms with Gasteiger partial charge in [0.2, 0.25) is 5.91 Å². The molecule has 0 aliphatic heterocycles. The van der Waals surface area contributed by atoms with E-state index in [1.54, 1.807) is 30.3 Å². The highest BCUT2D eigenvalue weighted by atomic mass is 35.5. The lowest BCUT2D eigenvalue weighted by Crippen LogP contribution is -2.52. The minimum atomic E-state index is -4.65. The first-order valence-corrected chi connectivity index (χ1v) is 15.5. The Bertz CT molecular complexity index is 1470. The summed E-state index contributed by atoms with van der Waals surface area (Å²) >= 11 is 0. The van der Waals surface area contributed by atoms with E-state index < -0.39 is 63.1 Å². The summed E-state index contributed by atoms with van der Waals surface area (Å²) in [5.41, 5.74) is 6.39. The molecular weight excluding hydrogens is 619 g/mol. The number of nitrogens with zero attached hydrogens (tertiary/aromatic N) is 1. The number of rotatable bonds is 11. The van der Waals surface area contributed by atoms with Gasteiger partial charge in [-0.1, -0.05) is 79.9 Å². The molecular formula is C31H35ClF3N3O5S. The molecule has 0 saturated heterocycles. The second-order valence-electron chi connectivity index (χ2n) is 10.5. The number of nitrogens with two attached hydrogens (primary N) is 1. The van der Waals surface area contributed by atoms with E-state index in [4.69, 9.17) is 10.5 Å². The van der Waals surface area contributed by atoms with E-state index in [9.17, 15) is 31.2 Å². The lowest BCUT2D eigenvalue weighted by Gasteiger charge is -2.35. The van der Waals surface area contributed by atoms with Gasteiger partial charge in [0.15, 0.2) is 0 Å². The van der Waals surface area contributed by atoms with Gasteiger partial charge in [-0.2, -0.15) is 13.2 Å². The molecule has 44 heavy (non-hydrogen) atoms. The molecule has 0 aromatic heterocycles. The zero-order chi connectivity index (χ0) is 31.0. The Labute approximate surface area is 261 Å². The van der Waals surface area contributed by atoms with Crippen LogP contribution in [0, 0.1) is 5.92 Å². The third kappa shape index (κ3) is 9.28. The quantitative estimate of drug-likeness (QED) is 0.206. The highest BCUT2D eigenvalue weighted by Crippen LogP contribution is 2.32. The number of nitrogens with one attached hydrogen (secondary N) is 1. The van der Waals surface area contributed by atoms with Gasteiger partial charge in [-0.3, -0.25) is 14.6 Å². The Kier molecular flexibility index (Phi) is 12.4. The fraction of sp³-hybridized carbons (Fsp3) is 0.355. The number of carbonyl (C=O) groups excluding carboxylic acids is 2. The average molecular weight is 654 g/mol. The van der Waals surface area contributed by atoms with Crippen molar-refractivity contribution in [1.82, 2.24) is 9.84 Å². The summed E-state index contributed by atoms with van der Waals surface area (Å²) in [5, 5.41) is 0.939. The van der Waals surface area contributed by atoms with E-state index >= 15 is 0 Å². The van der Waals surface area contributed by atoms with E-state index in [1.807, 2.05) is 30.3 Å². The van der Waals surface area contributed by atoms with Gasteiger partial charge in [-0.05, 0) is 54.7 Å². The summed E-state index contributed by atoms with van der Waals surface area (Å²) in [6, 6.07) is 18.4. The second-order valence-corrected chi connectivity index (χ2v) is 12.2. The van der Waals surface area contributed by atoms with E-state index in [0.717, 1.165) is 42.0 Å². The van der Waals surface area contributed by atoms with Crippen LogP contribution >= 0.6 is 12.4 Å². The molecule has 4 rings (SSSR count). The molecule has 0 spiro atoms. The Morgan fingerprint density at radius 2 is 1.48 bits per heavy atom. The highest BCUT2D eigenvalue weighted by molar-refractivity contribution is 7.89. The number of halogens is 4. The van der Waals surface area contributed by atoms with E-state index in [0.29, 0.717) is 30.5 Å². The van der Waals surface area contributed by atoms with Crippen molar-refractivity contribution in [2.45, 2.75) is 61.7 Å². The van der Waals surface area contributed by atoms with E-state index in [-0.39, 0.29) is 18.8 Å². The average Bonchev–Trinajstić information content (AvgIpc) is 3.01. The van der Waals surface area contributed by atoms with Crippen LogP contribution < -0.4 is 10.6 Å². The summed E-state index contributed by atoms with van der Waals surface area (Å²) < 4.78 is 71.8. The van der Waals surface area contributed by atoms with Crippen molar-refractivity contribution in [2.24, 2.45) is 11.7 Å². The summed E-state index contributed by atoms with van der Waals surface area (Å²) in [7, 11) is -4.53. The fourth-order valence-corrected chi connectivity index (χ4v) is 6.10. The number of sulfonamides is 1. The van der Waals surface area contributed by atoms with Gasteiger partial charge in [0, 0.05) is 5.92 Å². The van der Waals surface area contributed by atoms with Crippen LogP contribution in [-0.2, 0) is 36.9 Å². The maximum atomic E-state index is 13.9. The maximum Gasteiger partial charge on any atom is 0.416 e. The molecule has 2 atom stereocenters. The largest absolute Gasteiger partial charge is 0.462 e. The second kappa shape index (κ2) is 15.5. The van der Waals surface area contributed by atoms with Crippen molar-refractivity contribution >= 4 is 34.3 Å². The van der Waals surface area contributed by atoms with E-state index in [1.165, 1.54) is 0 Å². The van der Waals surface area contributed by atoms with Crippen molar-refractivity contribution in [1.29, 1.82) is 0 Å². The molecule has 8 nitrogen and oxygen atoms in total. The van der Waals surface area contributed by atoms with Crippen molar-refractivity contribution in [3.05, 3.63) is 102 Å². The third-order valence-corrected chi connectivity index (χ3v) is 8.71. The number of hydrogen-bond donors (Lipinski definition) is 2. The molecule has 1 aliphatic carbocycles. The summed E-state index contributed by atoms with van der Waals surface area (Å²) in [6.45, 7) is -0.417. The molecule has 238 valence electrons. The number of alkyl halides is 3. The smallest absolute Gasteiger partial charge is 0.416 e. The van der Waals surface area contributed by atoms with Gasteiger partial charge >= 0.3 is 12.1 Å². The van der Waals surface area contributed by atoms with Crippen molar-refractivity contribution < 1.29 is 35.9 Å². The third-order valence-electron chi connectivity index (χ3n) is 7.38. The molecule has 0 heterocycles. The molecule has 3 N–H and O–H groups in total. The maximum absolute atomic E-state index is 13.9. The van der Waals surface area contributed by atoms with Crippen LogP contribution in [-0.4, -0.2) is 38.0 Å². The fourth-order valence-electron chi connectivity index (χ4n) is 5.03. The first-order valence-electron chi connectivity index (χ1n) is 14.0. The van der Waals surface area contributed by atoms with Gasteiger partial charge in [0.05, 0.1) is 10.5 Å². The first-order chi connectivity index (χ1) is 20.5. The Morgan fingerprint density at radius 1 is 0.909 bits per heavy atom. The van der Waals surface area contributed by atoms with Crippen molar-refractivity contribution in [3.8, 4) is 0 Å². The van der Waals surface area contributed by atoms with Gasteiger partial charge < -0.3 is 10.5 Å². The van der Waals surface area contributed by atoms with E-state index in [2.05, 4.69) is 4.83 Å². The number of hydrazine groups is 1. The van der Waals surface area contributed by atoms with Crippen LogP contribution in [0.3, 0.4) is 0 Å². The predicted octanol–water partition coefficient (Wildman–Crippen LogP) is 5.58. The zero-order valence-corrected chi connectivity index (χ0v) is 25.4. The molecule has 1 fully saturated rings. The molecule has 0 bridgehead atoms. The van der Waals surface area contributed by atoms with Crippen LogP contribution in [0.1, 0.15) is 54.8 Å². The van der Waals surface area contributed by atoms with Gasteiger partial charge in [-0.15, -0.1) is 17.2 Å². The van der Waals surface area contributed by atoms with Crippen molar-refractivity contribution in [3.63, 3.8) is 0 Å². The van der Waals surface area contributed by atoms with Crippen LogP contribution in [0.25, 0.3) is 0 Å². The molecule has 1 aliphatic rings. The van der Waals surface area contributed by atoms with Gasteiger partial charge in [0.1, 0.15) is 18.7 Å². The number of benzene rings is 3.